The number of hydrogen-bond donors (Lipinski definition) is 2. The van der Waals surface area contributed by atoms with Gasteiger partial charge in [0.15, 0.2) is 0 Å². The molecule has 0 bridgehead atoms. The summed E-state index contributed by atoms with van der Waals surface area (Å²) in [6, 6.07) is 4.98. The number of nitro groups is 1. The minimum Gasteiger partial charge on any atom is -0.396 e. The van der Waals surface area contributed by atoms with Crippen LogP contribution < -0.4 is 5.32 Å². The van der Waals surface area contributed by atoms with E-state index < -0.39 is 0 Å². The first-order valence-electron chi connectivity index (χ1n) is 6.06. The molecule has 0 saturated heterocycles. The van der Waals surface area contributed by atoms with E-state index in [9.17, 15) is 10.1 Å². The van der Waals surface area contributed by atoms with E-state index >= 15 is 0 Å². The normalized spacial score (nSPS) is 14.0. The molecule has 0 radical (unpaired) electrons. The second-order valence-electron chi connectivity index (χ2n) is 4.77. The highest BCUT2D eigenvalue weighted by molar-refractivity contribution is 5.54. The second-order valence-corrected chi connectivity index (χ2v) is 4.77. The first kappa shape index (κ1) is 14.4. The molecule has 0 aliphatic rings. The van der Waals surface area contributed by atoms with Crippen LogP contribution in [0.4, 0.5) is 11.4 Å². The molecule has 100 valence electrons. The van der Waals surface area contributed by atoms with E-state index in [4.69, 9.17) is 5.11 Å². The Morgan fingerprint density at radius 1 is 1.50 bits per heavy atom. The zero-order chi connectivity index (χ0) is 13.8. The quantitative estimate of drug-likeness (QED) is 0.603. The molecule has 0 heterocycles. The molecule has 2 N–H and O–H groups in total. The van der Waals surface area contributed by atoms with Gasteiger partial charge >= 0.3 is 0 Å². The third kappa shape index (κ3) is 3.43. The first-order valence-corrected chi connectivity index (χ1v) is 6.06. The summed E-state index contributed by atoms with van der Waals surface area (Å²) in [5.74, 6) is 0. The number of anilines is 1. The Morgan fingerprint density at radius 2 is 2.17 bits per heavy atom. The van der Waals surface area contributed by atoms with Crippen LogP contribution in [0.25, 0.3) is 0 Å². The molecule has 0 fully saturated rings. The Kier molecular flexibility index (Phi) is 4.67. The van der Waals surface area contributed by atoms with Crippen molar-refractivity contribution in [1.29, 1.82) is 0 Å². The highest BCUT2D eigenvalue weighted by Gasteiger charge is 2.21. The van der Waals surface area contributed by atoms with Gasteiger partial charge in [0.05, 0.1) is 4.92 Å². The van der Waals surface area contributed by atoms with Crippen molar-refractivity contribution >= 4 is 11.4 Å². The van der Waals surface area contributed by atoms with Crippen molar-refractivity contribution in [2.45, 2.75) is 39.2 Å². The molecule has 18 heavy (non-hydrogen) atoms. The van der Waals surface area contributed by atoms with Crippen LogP contribution in [0.5, 0.6) is 0 Å². The molecule has 1 rings (SSSR count). The molecule has 1 atom stereocenters. The van der Waals surface area contributed by atoms with Crippen molar-refractivity contribution in [2.75, 3.05) is 11.9 Å². The lowest BCUT2D eigenvalue weighted by molar-refractivity contribution is -0.385. The lowest BCUT2D eigenvalue weighted by atomic mass is 9.94. The molecule has 5 nitrogen and oxygen atoms in total. The number of hydrogen-bond acceptors (Lipinski definition) is 4. The van der Waals surface area contributed by atoms with Gasteiger partial charge in [0.25, 0.3) is 5.69 Å². The van der Waals surface area contributed by atoms with Crippen LogP contribution in [0.2, 0.25) is 0 Å². The SMILES string of the molecule is CCC(C)(CCO)Nc1ccc([N+](=O)[O-])c(C)c1. The van der Waals surface area contributed by atoms with Gasteiger partial charge in [-0.05, 0) is 38.8 Å². The van der Waals surface area contributed by atoms with Gasteiger partial charge in [-0.2, -0.15) is 0 Å². The second kappa shape index (κ2) is 5.82. The van der Waals surface area contributed by atoms with E-state index in [2.05, 4.69) is 5.32 Å². The highest BCUT2D eigenvalue weighted by Crippen LogP contribution is 2.26. The summed E-state index contributed by atoms with van der Waals surface area (Å²) in [4.78, 5) is 10.3. The van der Waals surface area contributed by atoms with Crippen LogP contribution in [0.1, 0.15) is 32.3 Å². The van der Waals surface area contributed by atoms with Gasteiger partial charge in [-0.25, -0.2) is 0 Å². The van der Waals surface area contributed by atoms with Crippen LogP contribution in [-0.2, 0) is 0 Å². The Morgan fingerprint density at radius 3 is 2.61 bits per heavy atom. The smallest absolute Gasteiger partial charge is 0.272 e. The highest BCUT2D eigenvalue weighted by atomic mass is 16.6. The lowest BCUT2D eigenvalue weighted by Crippen LogP contribution is -2.35. The van der Waals surface area contributed by atoms with E-state index in [-0.39, 0.29) is 22.8 Å². The molecule has 0 aliphatic heterocycles. The fourth-order valence-corrected chi connectivity index (χ4v) is 1.86. The van der Waals surface area contributed by atoms with Crippen LogP contribution >= 0.6 is 0 Å². The Labute approximate surface area is 107 Å². The predicted octanol–water partition coefficient (Wildman–Crippen LogP) is 2.87. The lowest BCUT2D eigenvalue weighted by Gasteiger charge is -2.30. The fourth-order valence-electron chi connectivity index (χ4n) is 1.86. The molecular weight excluding hydrogens is 232 g/mol. The summed E-state index contributed by atoms with van der Waals surface area (Å²) in [6.45, 7) is 5.91. The van der Waals surface area contributed by atoms with Crippen molar-refractivity contribution in [1.82, 2.24) is 0 Å². The maximum atomic E-state index is 10.7. The first-order chi connectivity index (χ1) is 8.41. The van der Waals surface area contributed by atoms with Crippen LogP contribution in [0.15, 0.2) is 18.2 Å². The van der Waals surface area contributed by atoms with Crippen LogP contribution in [-0.4, -0.2) is 22.2 Å². The van der Waals surface area contributed by atoms with Gasteiger partial charge in [-0.3, -0.25) is 10.1 Å². The molecule has 0 saturated carbocycles. The van der Waals surface area contributed by atoms with Crippen molar-refractivity contribution in [3.8, 4) is 0 Å². The van der Waals surface area contributed by atoms with Crippen LogP contribution in [0.3, 0.4) is 0 Å². The van der Waals surface area contributed by atoms with Crippen molar-refractivity contribution < 1.29 is 10.0 Å². The number of benzene rings is 1. The van der Waals surface area contributed by atoms with Gasteiger partial charge in [0, 0.05) is 29.5 Å². The number of aliphatic hydroxyl groups excluding tert-OH is 1. The van der Waals surface area contributed by atoms with Crippen molar-refractivity contribution in [3.63, 3.8) is 0 Å². The molecule has 5 heteroatoms. The Balaban J connectivity index is 2.92. The third-order valence-electron chi connectivity index (χ3n) is 3.28. The molecule has 1 aromatic rings. The summed E-state index contributed by atoms with van der Waals surface area (Å²) >= 11 is 0. The minimum atomic E-state index is -0.383. The minimum absolute atomic E-state index is 0.114. The van der Waals surface area contributed by atoms with E-state index in [1.165, 1.54) is 6.07 Å². The summed E-state index contributed by atoms with van der Waals surface area (Å²) in [5, 5.41) is 23.1. The van der Waals surface area contributed by atoms with Crippen molar-refractivity contribution in [2.24, 2.45) is 0 Å². The van der Waals surface area contributed by atoms with Crippen molar-refractivity contribution in [3.05, 3.63) is 33.9 Å². The predicted molar refractivity (Wildman–Crippen MR) is 71.9 cm³/mol. The van der Waals surface area contributed by atoms with Crippen LogP contribution in [0, 0.1) is 17.0 Å². The van der Waals surface area contributed by atoms with Gasteiger partial charge in [-0.1, -0.05) is 6.92 Å². The largest absolute Gasteiger partial charge is 0.396 e. The van der Waals surface area contributed by atoms with Gasteiger partial charge in [-0.15, -0.1) is 0 Å². The Hall–Kier alpha value is -1.62. The third-order valence-corrected chi connectivity index (χ3v) is 3.28. The summed E-state index contributed by atoms with van der Waals surface area (Å²) in [6.07, 6.45) is 1.50. The standard InChI is InChI=1S/C13H20N2O3/c1-4-13(3,7-8-16)14-11-5-6-12(15(17)18)10(2)9-11/h5-6,9,14,16H,4,7-8H2,1-3H3. The van der Waals surface area contributed by atoms with E-state index in [1.54, 1.807) is 19.1 Å². The maximum absolute atomic E-state index is 10.7. The number of rotatable bonds is 6. The van der Waals surface area contributed by atoms with E-state index in [1.807, 2.05) is 13.8 Å². The van der Waals surface area contributed by atoms with E-state index in [0.717, 1.165) is 12.1 Å². The zero-order valence-electron chi connectivity index (χ0n) is 11.1. The van der Waals surface area contributed by atoms with Gasteiger partial charge in [0.2, 0.25) is 0 Å². The number of nitrogens with one attached hydrogen (secondary N) is 1. The number of aryl methyl sites for hydroxylation is 1. The molecule has 0 aliphatic carbocycles. The fraction of sp³-hybridized carbons (Fsp3) is 0.538. The number of nitrogens with zero attached hydrogens (tertiary/aromatic N) is 1. The maximum Gasteiger partial charge on any atom is 0.272 e. The summed E-state index contributed by atoms with van der Waals surface area (Å²) in [5.41, 5.74) is 1.40. The molecule has 1 unspecified atom stereocenters. The van der Waals surface area contributed by atoms with Gasteiger partial charge < -0.3 is 10.4 Å². The summed E-state index contributed by atoms with van der Waals surface area (Å²) < 4.78 is 0. The average molecular weight is 252 g/mol. The topological polar surface area (TPSA) is 75.4 Å². The number of nitro benzene ring substituents is 1. The average Bonchev–Trinajstić information content (AvgIpc) is 2.28. The molecule has 1 aromatic carbocycles. The number of aliphatic hydroxyl groups is 1. The molecular formula is C13H20N2O3. The molecule has 0 amide bonds. The van der Waals surface area contributed by atoms with E-state index in [0.29, 0.717) is 12.0 Å². The van der Waals surface area contributed by atoms with Gasteiger partial charge in [0.1, 0.15) is 0 Å². The Bertz CT molecular complexity index is 434. The summed E-state index contributed by atoms with van der Waals surface area (Å²) in [7, 11) is 0. The monoisotopic (exact) mass is 252 g/mol. The zero-order valence-corrected chi connectivity index (χ0v) is 11.1. The molecule has 0 spiro atoms. The molecule has 0 aromatic heterocycles.